The number of hydrogen-bond acceptors (Lipinski definition) is 4. The number of nitroso groups, excluding NO2 is 1. The van der Waals surface area contributed by atoms with Crippen molar-refractivity contribution in [2.75, 3.05) is 17.6 Å². The van der Waals surface area contributed by atoms with Gasteiger partial charge >= 0.3 is 0 Å². The minimum Gasteiger partial charge on any atom is -0.398 e. The maximum Gasteiger partial charge on any atom is 0.113 e. The van der Waals surface area contributed by atoms with E-state index in [9.17, 15) is 4.91 Å². The zero-order valence-electron chi connectivity index (χ0n) is 15.8. The number of rotatable bonds is 9. The van der Waals surface area contributed by atoms with Crippen molar-refractivity contribution in [3.8, 4) is 0 Å². The molecule has 5 heteroatoms. The SMILES string of the molecule is CCNc1ccc(CCCC(C)(CC)c2cc(Cl)ccc2N)c(N=O)c1. The normalized spacial score (nSPS) is 13.2. The van der Waals surface area contributed by atoms with Gasteiger partial charge in [0.2, 0.25) is 0 Å². The first-order valence-electron chi connectivity index (χ1n) is 9.19. The Hall–Kier alpha value is -2.07. The van der Waals surface area contributed by atoms with E-state index in [0.717, 1.165) is 54.7 Å². The van der Waals surface area contributed by atoms with Crippen molar-refractivity contribution < 1.29 is 0 Å². The van der Waals surface area contributed by atoms with Crippen LogP contribution in [-0.2, 0) is 11.8 Å². The third kappa shape index (κ3) is 4.76. The summed E-state index contributed by atoms with van der Waals surface area (Å²) < 4.78 is 0. The lowest BCUT2D eigenvalue weighted by atomic mass is 9.75. The summed E-state index contributed by atoms with van der Waals surface area (Å²) in [5.41, 5.74) is 10.5. The van der Waals surface area contributed by atoms with E-state index >= 15 is 0 Å². The Morgan fingerprint density at radius 1 is 1.19 bits per heavy atom. The average molecular weight is 374 g/mol. The van der Waals surface area contributed by atoms with Gasteiger partial charge in [-0.15, -0.1) is 4.91 Å². The second-order valence-corrected chi connectivity index (χ2v) is 7.40. The summed E-state index contributed by atoms with van der Waals surface area (Å²) in [7, 11) is 0. The van der Waals surface area contributed by atoms with Crippen molar-refractivity contribution >= 4 is 28.7 Å². The zero-order chi connectivity index (χ0) is 19.2. The van der Waals surface area contributed by atoms with Crippen LogP contribution in [0.5, 0.6) is 0 Å². The smallest absolute Gasteiger partial charge is 0.113 e. The molecule has 26 heavy (non-hydrogen) atoms. The van der Waals surface area contributed by atoms with Gasteiger partial charge in [-0.25, -0.2) is 0 Å². The quantitative estimate of drug-likeness (QED) is 0.392. The van der Waals surface area contributed by atoms with Crippen molar-refractivity contribution in [2.24, 2.45) is 5.18 Å². The topological polar surface area (TPSA) is 67.5 Å². The number of benzene rings is 2. The molecule has 0 spiro atoms. The first-order chi connectivity index (χ1) is 12.4. The Morgan fingerprint density at radius 3 is 2.62 bits per heavy atom. The molecule has 0 aliphatic heterocycles. The van der Waals surface area contributed by atoms with Crippen LogP contribution < -0.4 is 11.1 Å². The molecule has 0 fully saturated rings. The highest BCUT2D eigenvalue weighted by Gasteiger charge is 2.26. The standard InChI is InChI=1S/C21H28ClN3O/c1-4-21(3,18-13-16(22)9-11-19(18)23)12-6-7-15-8-10-17(24-5-2)14-20(15)25-26/h8-11,13-14,24H,4-7,12,23H2,1-3H3. The average Bonchev–Trinajstić information content (AvgIpc) is 2.64. The highest BCUT2D eigenvalue weighted by molar-refractivity contribution is 6.30. The summed E-state index contributed by atoms with van der Waals surface area (Å²) in [6.45, 7) is 7.23. The Kier molecular flexibility index (Phi) is 7.04. The minimum atomic E-state index is -0.0482. The molecule has 0 amide bonds. The maximum atomic E-state index is 11.2. The van der Waals surface area contributed by atoms with Crippen molar-refractivity contribution in [1.29, 1.82) is 0 Å². The molecule has 0 bridgehead atoms. The van der Waals surface area contributed by atoms with Crippen LogP contribution >= 0.6 is 11.6 Å². The maximum absolute atomic E-state index is 11.2. The molecule has 0 saturated carbocycles. The number of halogens is 1. The molecule has 3 N–H and O–H groups in total. The van der Waals surface area contributed by atoms with E-state index in [1.807, 2.05) is 43.3 Å². The Bertz CT molecular complexity index is 763. The lowest BCUT2D eigenvalue weighted by Gasteiger charge is -2.30. The van der Waals surface area contributed by atoms with Gasteiger partial charge in [-0.05, 0) is 84.7 Å². The summed E-state index contributed by atoms with van der Waals surface area (Å²) in [5.74, 6) is 0. The van der Waals surface area contributed by atoms with E-state index in [1.54, 1.807) is 0 Å². The van der Waals surface area contributed by atoms with Gasteiger partial charge < -0.3 is 11.1 Å². The first kappa shape index (κ1) is 20.2. The molecule has 4 nitrogen and oxygen atoms in total. The van der Waals surface area contributed by atoms with Gasteiger partial charge in [-0.3, -0.25) is 0 Å². The monoisotopic (exact) mass is 373 g/mol. The van der Waals surface area contributed by atoms with Gasteiger partial charge in [-0.1, -0.05) is 31.5 Å². The molecule has 1 atom stereocenters. The Labute approximate surface area is 161 Å². The number of nitrogens with zero attached hydrogens (tertiary/aromatic N) is 1. The molecule has 2 aromatic rings. The fraction of sp³-hybridized carbons (Fsp3) is 0.429. The van der Waals surface area contributed by atoms with Crippen molar-refractivity contribution in [2.45, 2.75) is 51.9 Å². The van der Waals surface area contributed by atoms with Crippen LogP contribution in [0, 0.1) is 4.91 Å². The predicted octanol–water partition coefficient (Wildman–Crippen LogP) is 6.44. The fourth-order valence-electron chi connectivity index (χ4n) is 3.40. The largest absolute Gasteiger partial charge is 0.398 e. The molecule has 0 aliphatic rings. The van der Waals surface area contributed by atoms with Crippen LogP contribution in [0.25, 0.3) is 0 Å². The molecule has 0 saturated heterocycles. The minimum absolute atomic E-state index is 0.0482. The van der Waals surface area contributed by atoms with Gasteiger partial charge in [0.25, 0.3) is 0 Å². The van der Waals surface area contributed by atoms with Crippen molar-refractivity contribution in [3.05, 3.63) is 57.5 Å². The highest BCUT2D eigenvalue weighted by Crippen LogP contribution is 2.38. The van der Waals surface area contributed by atoms with Crippen LogP contribution in [0.1, 0.15) is 51.2 Å². The molecule has 0 heterocycles. The Balaban J connectivity index is 2.12. The van der Waals surface area contributed by atoms with Crippen LogP contribution in [0.4, 0.5) is 17.1 Å². The summed E-state index contributed by atoms with van der Waals surface area (Å²) in [4.78, 5) is 11.2. The highest BCUT2D eigenvalue weighted by atomic mass is 35.5. The lowest BCUT2D eigenvalue weighted by molar-refractivity contribution is 0.407. The number of nitrogens with one attached hydrogen (secondary N) is 1. The fourth-order valence-corrected chi connectivity index (χ4v) is 3.57. The van der Waals surface area contributed by atoms with Crippen molar-refractivity contribution in [1.82, 2.24) is 0 Å². The van der Waals surface area contributed by atoms with Crippen LogP contribution in [0.15, 0.2) is 41.6 Å². The second-order valence-electron chi connectivity index (χ2n) is 6.96. The summed E-state index contributed by atoms with van der Waals surface area (Å²) in [5, 5.41) is 7.12. The van der Waals surface area contributed by atoms with Gasteiger partial charge in [0.05, 0.1) is 0 Å². The molecular weight excluding hydrogens is 346 g/mol. The number of aryl methyl sites for hydroxylation is 1. The van der Waals surface area contributed by atoms with Gasteiger partial charge in [0.15, 0.2) is 0 Å². The molecule has 140 valence electrons. The molecule has 2 rings (SSSR count). The van der Waals surface area contributed by atoms with Crippen LogP contribution in [0.3, 0.4) is 0 Å². The summed E-state index contributed by atoms with van der Waals surface area (Å²) in [6, 6.07) is 11.5. The summed E-state index contributed by atoms with van der Waals surface area (Å²) >= 11 is 6.18. The number of anilines is 2. The summed E-state index contributed by atoms with van der Waals surface area (Å²) in [6.07, 6.45) is 3.68. The molecule has 0 aromatic heterocycles. The second kappa shape index (κ2) is 9.04. The molecule has 2 aromatic carbocycles. The van der Waals surface area contributed by atoms with Gasteiger partial charge in [0, 0.05) is 22.9 Å². The third-order valence-electron chi connectivity index (χ3n) is 5.19. The number of nitrogen functional groups attached to an aromatic ring is 1. The Morgan fingerprint density at radius 2 is 1.96 bits per heavy atom. The van der Waals surface area contributed by atoms with Gasteiger partial charge in [0.1, 0.15) is 5.69 Å². The lowest BCUT2D eigenvalue weighted by Crippen LogP contribution is -2.22. The number of hydrogen-bond donors (Lipinski definition) is 2. The van der Waals surface area contributed by atoms with E-state index in [-0.39, 0.29) is 5.41 Å². The van der Waals surface area contributed by atoms with Crippen LogP contribution in [-0.4, -0.2) is 6.54 Å². The van der Waals surface area contributed by atoms with E-state index in [4.69, 9.17) is 17.3 Å². The molecule has 0 radical (unpaired) electrons. The van der Waals surface area contributed by atoms with E-state index in [2.05, 4.69) is 24.3 Å². The van der Waals surface area contributed by atoms with E-state index in [0.29, 0.717) is 10.7 Å². The van der Waals surface area contributed by atoms with Gasteiger partial charge in [-0.2, -0.15) is 0 Å². The zero-order valence-corrected chi connectivity index (χ0v) is 16.6. The first-order valence-corrected chi connectivity index (χ1v) is 9.57. The van der Waals surface area contributed by atoms with Crippen molar-refractivity contribution in [3.63, 3.8) is 0 Å². The molecular formula is C21H28ClN3O. The van der Waals surface area contributed by atoms with E-state index < -0.39 is 0 Å². The number of nitrogens with two attached hydrogens (primary N) is 1. The molecule has 1 unspecified atom stereocenters. The third-order valence-corrected chi connectivity index (χ3v) is 5.42. The molecule has 0 aliphatic carbocycles. The predicted molar refractivity (Wildman–Crippen MR) is 113 cm³/mol. The van der Waals surface area contributed by atoms with Crippen LogP contribution in [0.2, 0.25) is 5.02 Å². The van der Waals surface area contributed by atoms with E-state index in [1.165, 1.54) is 0 Å².